The fraction of sp³-hybridized carbons (Fsp3) is 0.440. The third-order valence-corrected chi connectivity index (χ3v) is 4.39. The second-order valence-electron chi connectivity index (χ2n) is 9.17. The molecule has 7 heteroatoms. The summed E-state index contributed by atoms with van der Waals surface area (Å²) < 4.78 is 5.40. The highest BCUT2D eigenvalue weighted by molar-refractivity contribution is 5.93. The van der Waals surface area contributed by atoms with E-state index in [0.717, 1.165) is 5.56 Å². The molecule has 7 nitrogen and oxygen atoms in total. The van der Waals surface area contributed by atoms with Crippen molar-refractivity contribution in [3.8, 4) is 0 Å². The van der Waals surface area contributed by atoms with Crippen LogP contribution in [0.3, 0.4) is 0 Å². The lowest BCUT2D eigenvalue weighted by atomic mass is 10.2. The number of rotatable bonds is 10. The smallest absolute Gasteiger partial charge is 0.422 e. The number of carbonyl (C=O) groups is 2. The molecular formula is C25H36N4O3. The lowest BCUT2D eigenvalue weighted by molar-refractivity contribution is 0.0269. The number of carbonyl (C=O) groups excluding carboxylic acids is 2. The van der Waals surface area contributed by atoms with E-state index in [-0.39, 0.29) is 5.91 Å². The number of nitrogens with zero attached hydrogens (tertiary/aromatic N) is 2. The molecular weight excluding hydrogens is 404 g/mol. The minimum atomic E-state index is -0.573. The van der Waals surface area contributed by atoms with Crippen LogP contribution in [-0.4, -0.2) is 47.3 Å². The van der Waals surface area contributed by atoms with Gasteiger partial charge in [0.05, 0.1) is 0 Å². The molecule has 0 bridgehead atoms. The van der Waals surface area contributed by atoms with Gasteiger partial charge in [0, 0.05) is 31.7 Å². The Labute approximate surface area is 191 Å². The van der Waals surface area contributed by atoms with Gasteiger partial charge in [-0.15, -0.1) is 0 Å². The maximum absolute atomic E-state index is 12.7. The lowest BCUT2D eigenvalue weighted by Crippen LogP contribution is -2.51. The topological polar surface area (TPSA) is 73.9 Å². The predicted molar refractivity (Wildman–Crippen MR) is 127 cm³/mol. The molecule has 0 heterocycles. The molecule has 0 radical (unpaired) electrons. The number of ether oxygens (including phenoxy) is 1. The number of hydrogen-bond donors (Lipinski definition) is 2. The number of nitrogens with one attached hydrogen (secondary N) is 2. The van der Waals surface area contributed by atoms with Crippen LogP contribution >= 0.6 is 0 Å². The van der Waals surface area contributed by atoms with E-state index in [1.54, 1.807) is 12.1 Å². The molecule has 0 saturated heterocycles. The standard InChI is InChI=1S/C25H36N4O3/c1-20(2)18-28(27-24(31)32-25(3,4)5)16-17-29(19-21-12-8-6-9-13-21)26-23(30)22-14-10-7-11-15-22/h6-15,20H,16-19H2,1-5H3,(H,26,30)(H,27,31). The molecule has 0 fully saturated rings. The van der Waals surface area contributed by atoms with Crippen LogP contribution in [0.25, 0.3) is 0 Å². The van der Waals surface area contributed by atoms with Crippen LogP contribution in [0.2, 0.25) is 0 Å². The quantitative estimate of drug-likeness (QED) is 0.541. The molecule has 0 spiro atoms. The van der Waals surface area contributed by atoms with Crippen LogP contribution < -0.4 is 10.9 Å². The van der Waals surface area contributed by atoms with E-state index in [2.05, 4.69) is 24.7 Å². The fourth-order valence-electron chi connectivity index (χ4n) is 3.08. The minimum absolute atomic E-state index is 0.169. The highest BCUT2D eigenvalue weighted by Crippen LogP contribution is 2.08. The van der Waals surface area contributed by atoms with Gasteiger partial charge in [0.15, 0.2) is 0 Å². The molecule has 0 aliphatic heterocycles. The molecule has 0 aromatic heterocycles. The third kappa shape index (κ3) is 9.94. The molecule has 32 heavy (non-hydrogen) atoms. The maximum Gasteiger partial charge on any atom is 0.422 e. The van der Waals surface area contributed by atoms with Gasteiger partial charge in [-0.1, -0.05) is 62.4 Å². The summed E-state index contributed by atoms with van der Waals surface area (Å²) in [7, 11) is 0. The van der Waals surface area contributed by atoms with Gasteiger partial charge in [0.2, 0.25) is 0 Å². The maximum atomic E-state index is 12.7. The summed E-state index contributed by atoms with van der Waals surface area (Å²) in [4.78, 5) is 25.0. The first-order chi connectivity index (χ1) is 15.1. The Bertz CT molecular complexity index is 835. The van der Waals surface area contributed by atoms with Crippen LogP contribution in [0, 0.1) is 5.92 Å². The van der Waals surface area contributed by atoms with Gasteiger partial charge in [-0.3, -0.25) is 15.6 Å². The Morgan fingerprint density at radius 1 is 0.875 bits per heavy atom. The number of amides is 2. The van der Waals surface area contributed by atoms with E-state index in [9.17, 15) is 9.59 Å². The van der Waals surface area contributed by atoms with Gasteiger partial charge in [-0.05, 0) is 44.4 Å². The van der Waals surface area contributed by atoms with Crippen molar-refractivity contribution in [2.75, 3.05) is 19.6 Å². The first kappa shape index (κ1) is 25.4. The van der Waals surface area contributed by atoms with Gasteiger partial charge in [-0.25, -0.2) is 14.8 Å². The van der Waals surface area contributed by atoms with Crippen molar-refractivity contribution in [3.05, 3.63) is 71.8 Å². The summed E-state index contributed by atoms with van der Waals surface area (Å²) in [6, 6.07) is 19.1. The Kier molecular flexibility index (Phi) is 9.68. The number of hydrazine groups is 2. The van der Waals surface area contributed by atoms with Crippen molar-refractivity contribution >= 4 is 12.0 Å². The Morgan fingerprint density at radius 3 is 2.00 bits per heavy atom. The Morgan fingerprint density at radius 2 is 1.44 bits per heavy atom. The Hall–Kier alpha value is -2.90. The van der Waals surface area contributed by atoms with Gasteiger partial charge >= 0.3 is 6.09 Å². The van der Waals surface area contributed by atoms with E-state index in [0.29, 0.717) is 37.7 Å². The Balaban J connectivity index is 2.07. The molecule has 0 unspecified atom stereocenters. The fourth-order valence-corrected chi connectivity index (χ4v) is 3.08. The van der Waals surface area contributed by atoms with E-state index < -0.39 is 11.7 Å². The first-order valence-electron chi connectivity index (χ1n) is 11.0. The number of hydrogen-bond acceptors (Lipinski definition) is 5. The molecule has 2 amide bonds. The van der Waals surface area contributed by atoms with Crippen molar-refractivity contribution in [1.82, 2.24) is 20.9 Å². The van der Waals surface area contributed by atoms with Crippen molar-refractivity contribution in [2.24, 2.45) is 5.92 Å². The van der Waals surface area contributed by atoms with E-state index in [4.69, 9.17) is 4.74 Å². The summed E-state index contributed by atoms with van der Waals surface area (Å²) in [5.41, 5.74) is 6.95. The molecule has 174 valence electrons. The van der Waals surface area contributed by atoms with E-state index in [1.165, 1.54) is 0 Å². The zero-order valence-electron chi connectivity index (χ0n) is 19.8. The molecule has 2 aromatic rings. The summed E-state index contributed by atoms with van der Waals surface area (Å²) in [5.74, 6) is 0.170. The summed E-state index contributed by atoms with van der Waals surface area (Å²) in [6.07, 6.45) is -0.485. The van der Waals surface area contributed by atoms with Crippen LogP contribution in [0.1, 0.15) is 50.5 Å². The number of benzene rings is 2. The zero-order chi connectivity index (χ0) is 23.6. The van der Waals surface area contributed by atoms with Crippen LogP contribution in [0.15, 0.2) is 60.7 Å². The first-order valence-corrected chi connectivity index (χ1v) is 11.0. The highest BCUT2D eigenvalue weighted by atomic mass is 16.6. The molecule has 0 atom stereocenters. The SMILES string of the molecule is CC(C)CN(CCN(Cc1ccccc1)NC(=O)c1ccccc1)NC(=O)OC(C)(C)C. The largest absolute Gasteiger partial charge is 0.443 e. The monoisotopic (exact) mass is 440 g/mol. The van der Waals surface area contributed by atoms with Gasteiger partial charge in [0.1, 0.15) is 5.60 Å². The summed E-state index contributed by atoms with van der Waals surface area (Å²) in [5, 5.41) is 3.71. The van der Waals surface area contributed by atoms with Crippen LogP contribution in [-0.2, 0) is 11.3 Å². The molecule has 0 aliphatic rings. The van der Waals surface area contributed by atoms with Crippen LogP contribution in [0.5, 0.6) is 0 Å². The molecule has 2 aromatic carbocycles. The van der Waals surface area contributed by atoms with Crippen molar-refractivity contribution in [2.45, 2.75) is 46.8 Å². The van der Waals surface area contributed by atoms with Crippen LogP contribution in [0.4, 0.5) is 4.79 Å². The molecule has 2 rings (SSSR count). The molecule has 0 aliphatic carbocycles. The average Bonchev–Trinajstić information content (AvgIpc) is 2.71. The highest BCUT2D eigenvalue weighted by Gasteiger charge is 2.20. The second kappa shape index (κ2) is 12.2. The predicted octanol–water partition coefficient (Wildman–Crippen LogP) is 4.23. The van der Waals surface area contributed by atoms with Crippen molar-refractivity contribution in [1.29, 1.82) is 0 Å². The molecule has 2 N–H and O–H groups in total. The normalized spacial score (nSPS) is 11.6. The van der Waals surface area contributed by atoms with Gasteiger partial charge in [0.25, 0.3) is 5.91 Å². The second-order valence-corrected chi connectivity index (χ2v) is 9.17. The zero-order valence-corrected chi connectivity index (χ0v) is 19.8. The van der Waals surface area contributed by atoms with E-state index >= 15 is 0 Å². The van der Waals surface area contributed by atoms with Crippen molar-refractivity contribution in [3.63, 3.8) is 0 Å². The van der Waals surface area contributed by atoms with Crippen molar-refractivity contribution < 1.29 is 14.3 Å². The lowest BCUT2D eigenvalue weighted by Gasteiger charge is -2.30. The van der Waals surface area contributed by atoms with Gasteiger partial charge in [-0.2, -0.15) is 0 Å². The van der Waals surface area contributed by atoms with Gasteiger partial charge < -0.3 is 4.74 Å². The van der Waals surface area contributed by atoms with E-state index in [1.807, 2.05) is 79.3 Å². The average molecular weight is 441 g/mol. The molecule has 0 saturated carbocycles. The summed E-state index contributed by atoms with van der Waals surface area (Å²) in [6.45, 7) is 11.9. The third-order valence-electron chi connectivity index (χ3n) is 4.39. The summed E-state index contributed by atoms with van der Waals surface area (Å²) >= 11 is 0. The minimum Gasteiger partial charge on any atom is -0.443 e.